The van der Waals surface area contributed by atoms with E-state index >= 15 is 0 Å². The zero-order valence-electron chi connectivity index (χ0n) is 25.6. The average Bonchev–Trinajstić information content (AvgIpc) is 3.41. The van der Waals surface area contributed by atoms with Gasteiger partial charge in [0.05, 0.1) is 11.0 Å². The average molecular weight is 581 g/mol. The number of rotatable bonds is 10. The highest BCUT2D eigenvalue weighted by atomic mass is 15.0. The van der Waals surface area contributed by atoms with Gasteiger partial charge in [0.2, 0.25) is 0 Å². The van der Waals surface area contributed by atoms with Crippen LogP contribution in [0.2, 0.25) is 0 Å². The van der Waals surface area contributed by atoms with Crippen LogP contribution in [-0.2, 0) is 6.42 Å². The molecule has 45 heavy (non-hydrogen) atoms. The highest BCUT2D eigenvalue weighted by Crippen LogP contribution is 2.39. The van der Waals surface area contributed by atoms with Gasteiger partial charge in [-0.15, -0.1) is 0 Å². The standard InChI is InChI=1S/C43H36N2/c1-5-7-9-13-32-14-12-15-35(27-32)36-19-21-39-37(28-36)20-23-41-40-22-18-34(31(4)26-30(3)33(6-2)24-25-44)29-42(40)45(43(39)41)38-16-10-8-11-17-38/h5-12,14-29,44H,1-3,13H2,4H3/b9-7-,31-26+,33-24+,44-25?. The van der Waals surface area contributed by atoms with E-state index in [2.05, 4.69) is 147 Å². The lowest BCUT2D eigenvalue weighted by Crippen LogP contribution is -1.95. The van der Waals surface area contributed by atoms with Crippen LogP contribution in [0, 0.1) is 5.41 Å². The van der Waals surface area contributed by atoms with E-state index in [9.17, 15) is 0 Å². The summed E-state index contributed by atoms with van der Waals surface area (Å²) in [6.07, 6.45) is 13.6. The second-order valence-corrected chi connectivity index (χ2v) is 11.2. The molecular formula is C43H36N2. The third kappa shape index (κ3) is 5.79. The molecule has 0 spiro atoms. The van der Waals surface area contributed by atoms with Crippen molar-refractivity contribution in [3.63, 3.8) is 0 Å². The molecule has 218 valence electrons. The van der Waals surface area contributed by atoms with E-state index < -0.39 is 0 Å². The summed E-state index contributed by atoms with van der Waals surface area (Å²) in [5.74, 6) is 0. The third-order valence-electron chi connectivity index (χ3n) is 8.34. The smallest absolute Gasteiger partial charge is 0.0619 e. The first-order valence-corrected chi connectivity index (χ1v) is 15.2. The normalized spacial score (nSPS) is 12.3. The molecule has 0 radical (unpaired) electrons. The van der Waals surface area contributed by atoms with E-state index in [1.54, 1.807) is 12.2 Å². The molecular weight excluding hydrogens is 544 g/mol. The molecule has 0 aliphatic heterocycles. The van der Waals surface area contributed by atoms with Crippen LogP contribution in [0.15, 0.2) is 170 Å². The van der Waals surface area contributed by atoms with E-state index in [1.165, 1.54) is 50.0 Å². The van der Waals surface area contributed by atoms with E-state index in [0.717, 1.165) is 39.9 Å². The third-order valence-corrected chi connectivity index (χ3v) is 8.34. The maximum Gasteiger partial charge on any atom is 0.0619 e. The van der Waals surface area contributed by atoms with Crippen LogP contribution in [-0.4, -0.2) is 10.8 Å². The number of nitrogens with one attached hydrogen (secondary N) is 1. The summed E-state index contributed by atoms with van der Waals surface area (Å²) in [6, 6.07) is 37.4. The molecule has 6 aromatic rings. The number of allylic oxidation sites excluding steroid dienone is 9. The van der Waals surface area contributed by atoms with E-state index in [0.29, 0.717) is 0 Å². The Kier molecular flexibility index (Phi) is 8.39. The lowest BCUT2D eigenvalue weighted by molar-refractivity contribution is 1.18. The van der Waals surface area contributed by atoms with Gasteiger partial charge in [-0.2, -0.15) is 0 Å². The monoisotopic (exact) mass is 580 g/mol. The molecule has 0 unspecified atom stereocenters. The van der Waals surface area contributed by atoms with E-state index in [1.807, 2.05) is 12.2 Å². The van der Waals surface area contributed by atoms with Crippen molar-refractivity contribution in [3.05, 3.63) is 182 Å². The van der Waals surface area contributed by atoms with E-state index in [4.69, 9.17) is 5.41 Å². The molecule has 0 fully saturated rings. The van der Waals surface area contributed by atoms with Gasteiger partial charge < -0.3 is 9.98 Å². The SMILES string of the molecule is C=C/C=C\Cc1cccc(-c2ccc3c(ccc4c5ccc(/C(C)=C/C(=C)/C(C=C)=C/C=N)cc5n(-c5ccccc5)c34)c2)c1. The van der Waals surface area contributed by atoms with Crippen LogP contribution in [0.4, 0.5) is 0 Å². The molecule has 1 N–H and O–H groups in total. The van der Waals surface area contributed by atoms with Crippen molar-refractivity contribution in [2.45, 2.75) is 13.3 Å². The number of fused-ring (bicyclic) bond motifs is 5. The molecule has 1 heterocycles. The molecule has 0 amide bonds. The second kappa shape index (κ2) is 12.9. The maximum atomic E-state index is 7.46. The molecule has 0 bridgehead atoms. The number of hydrogen-bond donors (Lipinski definition) is 1. The lowest BCUT2D eigenvalue weighted by Gasteiger charge is -2.12. The van der Waals surface area contributed by atoms with Gasteiger partial charge in [0.1, 0.15) is 0 Å². The summed E-state index contributed by atoms with van der Waals surface area (Å²) in [7, 11) is 0. The molecule has 0 atom stereocenters. The summed E-state index contributed by atoms with van der Waals surface area (Å²) in [5, 5.41) is 12.3. The molecule has 5 aromatic carbocycles. The topological polar surface area (TPSA) is 28.8 Å². The highest BCUT2D eigenvalue weighted by Gasteiger charge is 2.16. The van der Waals surface area contributed by atoms with Crippen LogP contribution in [0.5, 0.6) is 0 Å². The minimum absolute atomic E-state index is 0.829. The van der Waals surface area contributed by atoms with Gasteiger partial charge in [0.25, 0.3) is 0 Å². The summed E-state index contributed by atoms with van der Waals surface area (Å²) in [4.78, 5) is 0. The van der Waals surface area contributed by atoms with Crippen LogP contribution in [0.1, 0.15) is 18.1 Å². The first-order chi connectivity index (χ1) is 22.0. The number of benzene rings is 5. The summed E-state index contributed by atoms with van der Waals surface area (Å²) < 4.78 is 2.40. The number of aromatic nitrogens is 1. The Labute approximate surface area is 265 Å². The quantitative estimate of drug-likeness (QED) is 0.123. The fourth-order valence-electron chi connectivity index (χ4n) is 6.11. The Bertz CT molecular complexity index is 2200. The molecule has 2 nitrogen and oxygen atoms in total. The van der Waals surface area contributed by atoms with Crippen LogP contribution < -0.4 is 0 Å². The molecule has 0 aliphatic rings. The van der Waals surface area contributed by atoms with Crippen molar-refractivity contribution in [2.24, 2.45) is 0 Å². The lowest BCUT2D eigenvalue weighted by atomic mass is 9.97. The van der Waals surface area contributed by atoms with Gasteiger partial charge in [-0.25, -0.2) is 0 Å². The van der Waals surface area contributed by atoms with Crippen molar-refractivity contribution >= 4 is 44.4 Å². The predicted molar refractivity (Wildman–Crippen MR) is 197 cm³/mol. The van der Waals surface area contributed by atoms with Crippen molar-refractivity contribution in [1.29, 1.82) is 5.41 Å². The maximum absolute atomic E-state index is 7.46. The Morgan fingerprint density at radius 1 is 0.800 bits per heavy atom. The Hall–Kier alpha value is -5.73. The molecule has 1 aromatic heterocycles. The van der Waals surface area contributed by atoms with Gasteiger partial charge in [0.15, 0.2) is 0 Å². The zero-order valence-corrected chi connectivity index (χ0v) is 25.6. The minimum Gasteiger partial charge on any atom is -0.309 e. The van der Waals surface area contributed by atoms with Gasteiger partial charge in [-0.1, -0.05) is 129 Å². The first-order valence-electron chi connectivity index (χ1n) is 15.2. The fourth-order valence-corrected chi connectivity index (χ4v) is 6.11. The molecule has 0 aliphatic carbocycles. The predicted octanol–water partition coefficient (Wildman–Crippen LogP) is 11.6. The molecule has 0 saturated carbocycles. The Morgan fingerprint density at radius 2 is 1.58 bits per heavy atom. The number of hydrogen-bond acceptors (Lipinski definition) is 1. The molecule has 2 heteroatoms. The number of nitrogens with zero attached hydrogens (tertiary/aromatic N) is 1. The molecule has 6 rings (SSSR count). The van der Waals surface area contributed by atoms with Crippen molar-refractivity contribution in [2.75, 3.05) is 0 Å². The number of para-hydroxylation sites is 1. The van der Waals surface area contributed by atoms with Gasteiger partial charge in [0, 0.05) is 28.1 Å². The minimum atomic E-state index is 0.829. The first kappa shape index (κ1) is 29.3. The van der Waals surface area contributed by atoms with Gasteiger partial charge >= 0.3 is 0 Å². The summed E-state index contributed by atoms with van der Waals surface area (Å²) in [5.41, 5.74) is 11.1. The van der Waals surface area contributed by atoms with Crippen LogP contribution in [0.3, 0.4) is 0 Å². The van der Waals surface area contributed by atoms with Crippen LogP contribution in [0.25, 0.3) is 55.0 Å². The highest BCUT2D eigenvalue weighted by molar-refractivity contribution is 6.19. The van der Waals surface area contributed by atoms with Crippen molar-refractivity contribution in [1.82, 2.24) is 4.57 Å². The largest absolute Gasteiger partial charge is 0.309 e. The fraction of sp³-hybridized carbons (Fsp3) is 0.0465. The van der Waals surface area contributed by atoms with Crippen LogP contribution >= 0.6 is 0 Å². The Balaban J connectivity index is 1.53. The zero-order chi connectivity index (χ0) is 31.3. The Morgan fingerprint density at radius 3 is 2.36 bits per heavy atom. The van der Waals surface area contributed by atoms with Crippen molar-refractivity contribution < 1.29 is 0 Å². The van der Waals surface area contributed by atoms with Gasteiger partial charge in [-0.3, -0.25) is 0 Å². The second-order valence-electron chi connectivity index (χ2n) is 11.2. The van der Waals surface area contributed by atoms with Crippen molar-refractivity contribution in [3.8, 4) is 16.8 Å². The summed E-state index contributed by atoms with van der Waals surface area (Å²) >= 11 is 0. The van der Waals surface area contributed by atoms with E-state index in [-0.39, 0.29) is 0 Å². The summed E-state index contributed by atoms with van der Waals surface area (Å²) in [6.45, 7) is 14.0. The van der Waals surface area contributed by atoms with Gasteiger partial charge in [-0.05, 0) is 88.0 Å². The molecule has 0 saturated heterocycles.